The molecule has 3 aromatic rings. The van der Waals surface area contributed by atoms with Crippen molar-refractivity contribution < 1.29 is 5.11 Å². The van der Waals surface area contributed by atoms with Crippen LogP contribution in [0.5, 0.6) is 5.75 Å². The van der Waals surface area contributed by atoms with Crippen LogP contribution in [0.15, 0.2) is 49.1 Å². The molecular weight excluding hydrogens is 322 g/mol. The summed E-state index contributed by atoms with van der Waals surface area (Å²) in [5, 5.41) is 16.9. The molecular formula is C17H17N5OS. The summed E-state index contributed by atoms with van der Waals surface area (Å²) in [6, 6.07) is 7.24. The molecule has 0 saturated carbocycles. The highest BCUT2D eigenvalue weighted by Gasteiger charge is 2.06. The van der Waals surface area contributed by atoms with E-state index in [2.05, 4.69) is 27.6 Å². The molecule has 0 amide bonds. The predicted octanol–water partition coefficient (Wildman–Crippen LogP) is 2.89. The van der Waals surface area contributed by atoms with Crippen molar-refractivity contribution in [2.45, 2.75) is 0 Å². The van der Waals surface area contributed by atoms with Gasteiger partial charge in [-0.1, -0.05) is 6.07 Å². The van der Waals surface area contributed by atoms with Gasteiger partial charge in [0.15, 0.2) is 0 Å². The van der Waals surface area contributed by atoms with Crippen LogP contribution in [-0.4, -0.2) is 32.5 Å². The van der Waals surface area contributed by atoms with E-state index in [-0.39, 0.29) is 5.75 Å². The van der Waals surface area contributed by atoms with Crippen LogP contribution in [0.25, 0.3) is 27.7 Å². The first-order chi connectivity index (χ1) is 11.7. The van der Waals surface area contributed by atoms with E-state index in [1.54, 1.807) is 24.7 Å². The lowest BCUT2D eigenvalue weighted by atomic mass is 10.1. The lowest BCUT2D eigenvalue weighted by Gasteiger charge is -2.05. The second-order valence-electron chi connectivity index (χ2n) is 4.66. The number of rotatable bonds is 3. The van der Waals surface area contributed by atoms with Gasteiger partial charge in [0.2, 0.25) is 0 Å². The maximum atomic E-state index is 9.53. The number of nitrogens with zero attached hydrogens (tertiary/aromatic N) is 3. The van der Waals surface area contributed by atoms with Crippen LogP contribution in [0.1, 0.15) is 5.69 Å². The van der Waals surface area contributed by atoms with Crippen molar-refractivity contribution in [3.05, 3.63) is 54.7 Å². The van der Waals surface area contributed by atoms with Crippen LogP contribution in [0, 0.1) is 5.41 Å². The van der Waals surface area contributed by atoms with Gasteiger partial charge in [-0.05, 0) is 30.0 Å². The molecule has 0 spiro atoms. The average Bonchev–Trinajstić information content (AvgIpc) is 2.64. The van der Waals surface area contributed by atoms with Crippen LogP contribution in [0.4, 0.5) is 0 Å². The number of hydrogen-bond acceptors (Lipinski definition) is 7. The van der Waals surface area contributed by atoms with E-state index in [9.17, 15) is 5.11 Å². The Morgan fingerprint density at radius 3 is 2.58 bits per heavy atom. The zero-order valence-corrected chi connectivity index (χ0v) is 13.9. The second-order valence-corrected chi connectivity index (χ2v) is 4.66. The first-order valence-electron chi connectivity index (χ1n) is 7.00. The van der Waals surface area contributed by atoms with Gasteiger partial charge in [0.1, 0.15) is 5.75 Å². The Labute approximate surface area is 145 Å². The molecule has 6 nitrogen and oxygen atoms in total. The molecule has 0 bridgehead atoms. The number of pyridine rings is 1. The molecule has 122 valence electrons. The molecule has 0 aliphatic heterocycles. The SMILES string of the molecule is CS.N=C/C(=C\N)c1cnc2ccc(-c3cncc(O)c3)cc2n1. The van der Waals surface area contributed by atoms with E-state index < -0.39 is 0 Å². The first-order valence-corrected chi connectivity index (χ1v) is 7.89. The first kappa shape index (κ1) is 17.4. The number of allylic oxidation sites excluding steroid dienone is 1. The van der Waals surface area contributed by atoms with Gasteiger partial charge in [-0.3, -0.25) is 9.97 Å². The summed E-state index contributed by atoms with van der Waals surface area (Å²) in [6.07, 6.45) is 8.79. The molecule has 0 atom stereocenters. The Kier molecular flexibility index (Phi) is 5.86. The highest BCUT2D eigenvalue weighted by Crippen LogP contribution is 2.25. The van der Waals surface area contributed by atoms with Gasteiger partial charge in [-0.15, -0.1) is 0 Å². The van der Waals surface area contributed by atoms with Gasteiger partial charge in [0, 0.05) is 29.7 Å². The van der Waals surface area contributed by atoms with Gasteiger partial charge in [-0.2, -0.15) is 12.6 Å². The van der Waals surface area contributed by atoms with Crippen molar-refractivity contribution in [2.75, 3.05) is 6.26 Å². The van der Waals surface area contributed by atoms with Gasteiger partial charge >= 0.3 is 0 Å². The van der Waals surface area contributed by atoms with Crippen molar-refractivity contribution in [1.82, 2.24) is 15.0 Å². The van der Waals surface area contributed by atoms with Gasteiger partial charge in [0.05, 0.1) is 29.1 Å². The minimum atomic E-state index is 0.106. The van der Waals surface area contributed by atoms with Crippen molar-refractivity contribution in [3.63, 3.8) is 0 Å². The van der Waals surface area contributed by atoms with Crippen LogP contribution in [0.2, 0.25) is 0 Å². The summed E-state index contributed by atoms with van der Waals surface area (Å²) in [6.45, 7) is 0. The zero-order valence-electron chi connectivity index (χ0n) is 13.0. The molecule has 2 aromatic heterocycles. The smallest absolute Gasteiger partial charge is 0.134 e. The summed E-state index contributed by atoms with van der Waals surface area (Å²) < 4.78 is 0. The fraction of sp³-hybridized carbons (Fsp3) is 0.0588. The average molecular weight is 339 g/mol. The molecule has 4 N–H and O–H groups in total. The van der Waals surface area contributed by atoms with Crippen molar-refractivity contribution in [1.29, 1.82) is 5.41 Å². The third-order valence-electron chi connectivity index (χ3n) is 3.23. The molecule has 0 unspecified atom stereocenters. The summed E-state index contributed by atoms with van der Waals surface area (Å²) in [5.74, 6) is 0.106. The monoisotopic (exact) mass is 339 g/mol. The molecule has 2 heterocycles. The second kappa shape index (κ2) is 8.07. The number of nitrogens with one attached hydrogen (secondary N) is 1. The summed E-state index contributed by atoms with van der Waals surface area (Å²) in [5.41, 5.74) is 9.59. The van der Waals surface area contributed by atoms with E-state index >= 15 is 0 Å². The zero-order chi connectivity index (χ0) is 17.5. The van der Waals surface area contributed by atoms with Crippen LogP contribution >= 0.6 is 12.6 Å². The van der Waals surface area contributed by atoms with Crippen molar-refractivity contribution >= 4 is 35.4 Å². The Hall–Kier alpha value is -2.93. The number of benzene rings is 1. The third kappa shape index (κ3) is 3.69. The van der Waals surface area contributed by atoms with Crippen molar-refractivity contribution in [3.8, 4) is 16.9 Å². The lowest BCUT2D eigenvalue weighted by molar-refractivity contribution is 0.473. The number of nitrogens with two attached hydrogens (primary N) is 1. The fourth-order valence-electron chi connectivity index (χ4n) is 2.12. The molecule has 1 aromatic carbocycles. The molecule has 0 fully saturated rings. The van der Waals surface area contributed by atoms with E-state index in [0.29, 0.717) is 16.8 Å². The lowest BCUT2D eigenvalue weighted by Crippen LogP contribution is -1.96. The quantitative estimate of drug-likeness (QED) is 0.433. The summed E-state index contributed by atoms with van der Waals surface area (Å²) in [4.78, 5) is 12.8. The fourth-order valence-corrected chi connectivity index (χ4v) is 2.12. The van der Waals surface area contributed by atoms with Crippen LogP contribution in [0.3, 0.4) is 0 Å². The van der Waals surface area contributed by atoms with Gasteiger partial charge in [-0.25, -0.2) is 4.98 Å². The summed E-state index contributed by atoms with van der Waals surface area (Å²) >= 11 is 3.53. The largest absolute Gasteiger partial charge is 0.506 e. The number of aromatic hydroxyl groups is 1. The van der Waals surface area contributed by atoms with E-state index in [1.165, 1.54) is 12.4 Å². The van der Waals surface area contributed by atoms with Crippen LogP contribution < -0.4 is 5.73 Å². The highest BCUT2D eigenvalue weighted by atomic mass is 32.1. The molecule has 3 rings (SSSR count). The van der Waals surface area contributed by atoms with E-state index in [0.717, 1.165) is 22.9 Å². The summed E-state index contributed by atoms with van der Waals surface area (Å²) in [7, 11) is 0. The molecule has 7 heteroatoms. The Bertz CT molecular complexity index is 895. The molecule has 0 aliphatic carbocycles. The van der Waals surface area contributed by atoms with Crippen LogP contribution in [-0.2, 0) is 0 Å². The van der Waals surface area contributed by atoms with Gasteiger partial charge in [0.25, 0.3) is 0 Å². The maximum absolute atomic E-state index is 9.53. The van der Waals surface area contributed by atoms with E-state index in [1.807, 2.05) is 18.2 Å². The van der Waals surface area contributed by atoms with Gasteiger partial charge < -0.3 is 16.2 Å². The Morgan fingerprint density at radius 2 is 1.92 bits per heavy atom. The third-order valence-corrected chi connectivity index (χ3v) is 3.23. The standard InChI is InChI=1S/C16H13N5O.CH4S/c17-5-12(6-18)16-9-20-14-2-1-10(4-15(14)21-16)11-3-13(22)8-19-7-11;1-2/h1-9,17,22H,18H2;2H,1H3/b12-6+,17-5?;. The molecule has 0 radical (unpaired) electrons. The van der Waals surface area contributed by atoms with Crippen molar-refractivity contribution in [2.24, 2.45) is 5.73 Å². The number of hydrogen-bond donors (Lipinski definition) is 4. The topological polar surface area (TPSA) is 109 Å². The maximum Gasteiger partial charge on any atom is 0.134 e. The normalized spacial score (nSPS) is 10.8. The predicted molar refractivity (Wildman–Crippen MR) is 100 cm³/mol. The number of fused-ring (bicyclic) bond motifs is 1. The minimum Gasteiger partial charge on any atom is -0.506 e. The minimum absolute atomic E-state index is 0.106. The van der Waals surface area contributed by atoms with E-state index in [4.69, 9.17) is 11.1 Å². The highest BCUT2D eigenvalue weighted by molar-refractivity contribution is 7.79. The molecule has 0 aliphatic rings. The number of thiol groups is 1. The molecule has 0 saturated heterocycles. The molecule has 24 heavy (non-hydrogen) atoms. The number of aromatic nitrogens is 3. The Morgan fingerprint density at radius 1 is 1.12 bits per heavy atom. The Balaban J connectivity index is 0.00000100.